The number of ether oxygens (including phenoxy) is 1. The third-order valence-electron chi connectivity index (χ3n) is 2.73. The predicted octanol–water partition coefficient (Wildman–Crippen LogP) is 2.87. The molecule has 0 saturated heterocycles. The third-order valence-corrected chi connectivity index (χ3v) is 4.66. The van der Waals surface area contributed by atoms with Gasteiger partial charge in [-0.2, -0.15) is 0 Å². The van der Waals surface area contributed by atoms with E-state index < -0.39 is 9.84 Å². The molecule has 5 heteroatoms. The summed E-state index contributed by atoms with van der Waals surface area (Å²) in [6.07, 6.45) is 3.30. The molecule has 0 aliphatic rings. The fraction of sp³-hybridized carbons (Fsp3) is 0.467. The van der Waals surface area contributed by atoms with Gasteiger partial charge in [-0.1, -0.05) is 13.0 Å². The van der Waals surface area contributed by atoms with Gasteiger partial charge in [0.2, 0.25) is 0 Å². The van der Waals surface area contributed by atoms with Crippen molar-refractivity contribution in [1.82, 2.24) is 0 Å². The molecule has 0 amide bonds. The highest BCUT2D eigenvalue weighted by Gasteiger charge is 2.12. The maximum absolute atomic E-state index is 11.9. The van der Waals surface area contributed by atoms with Crippen LogP contribution in [0.15, 0.2) is 41.8 Å². The van der Waals surface area contributed by atoms with E-state index in [-0.39, 0.29) is 5.75 Å². The summed E-state index contributed by atoms with van der Waals surface area (Å²) in [5, 5.41) is 3.19. The molecule has 0 heterocycles. The van der Waals surface area contributed by atoms with E-state index in [2.05, 4.69) is 11.9 Å². The zero-order chi connectivity index (χ0) is 14.8. The summed E-state index contributed by atoms with van der Waals surface area (Å²) in [6, 6.07) is 6.86. The maximum Gasteiger partial charge on any atom is 0.178 e. The van der Waals surface area contributed by atoms with Crippen molar-refractivity contribution in [3.8, 4) is 0 Å². The lowest BCUT2D eigenvalue weighted by Gasteiger charge is -2.08. The van der Waals surface area contributed by atoms with Crippen molar-refractivity contribution < 1.29 is 13.2 Å². The molecule has 1 aromatic carbocycles. The van der Waals surface area contributed by atoms with Crippen LogP contribution in [-0.2, 0) is 14.6 Å². The molecule has 0 spiro atoms. The van der Waals surface area contributed by atoms with Crippen LogP contribution in [-0.4, -0.2) is 33.9 Å². The Morgan fingerprint density at radius 1 is 1.25 bits per heavy atom. The fourth-order valence-electron chi connectivity index (χ4n) is 1.70. The van der Waals surface area contributed by atoms with Crippen LogP contribution in [0, 0.1) is 0 Å². The van der Waals surface area contributed by atoms with Crippen LogP contribution in [0.4, 0.5) is 5.69 Å². The summed E-state index contributed by atoms with van der Waals surface area (Å²) in [5.74, 6) is 0.191. The number of hydrogen-bond donors (Lipinski definition) is 1. The van der Waals surface area contributed by atoms with Gasteiger partial charge in [0.15, 0.2) is 9.84 Å². The largest absolute Gasteiger partial charge is 0.383 e. The number of anilines is 1. The molecular formula is C15H23NO3S. The zero-order valence-corrected chi connectivity index (χ0v) is 12.8. The minimum Gasteiger partial charge on any atom is -0.383 e. The molecule has 1 N–H and O–H groups in total. The topological polar surface area (TPSA) is 55.4 Å². The lowest BCUT2D eigenvalue weighted by atomic mass is 10.3. The van der Waals surface area contributed by atoms with Crippen molar-refractivity contribution in [2.45, 2.75) is 24.7 Å². The third kappa shape index (κ3) is 5.75. The molecule has 4 nitrogen and oxygen atoms in total. The summed E-state index contributed by atoms with van der Waals surface area (Å²) >= 11 is 0. The molecule has 0 radical (unpaired) electrons. The Morgan fingerprint density at radius 2 is 1.95 bits per heavy atom. The van der Waals surface area contributed by atoms with E-state index >= 15 is 0 Å². The summed E-state index contributed by atoms with van der Waals surface area (Å²) < 4.78 is 29.1. The summed E-state index contributed by atoms with van der Waals surface area (Å²) in [5.41, 5.74) is 0.896. The number of benzene rings is 1. The highest BCUT2D eigenvalue weighted by Crippen LogP contribution is 2.15. The molecule has 0 unspecified atom stereocenters. The first-order valence-corrected chi connectivity index (χ1v) is 8.50. The van der Waals surface area contributed by atoms with Crippen LogP contribution in [0.5, 0.6) is 0 Å². The van der Waals surface area contributed by atoms with Gasteiger partial charge in [-0.25, -0.2) is 8.42 Å². The van der Waals surface area contributed by atoms with Gasteiger partial charge >= 0.3 is 0 Å². The number of rotatable bonds is 10. The molecule has 0 bridgehead atoms. The van der Waals surface area contributed by atoms with Crippen molar-refractivity contribution in [1.29, 1.82) is 0 Å². The molecule has 0 atom stereocenters. The lowest BCUT2D eigenvalue weighted by molar-refractivity contribution is 0.149. The Labute approximate surface area is 121 Å². The Kier molecular flexibility index (Phi) is 7.33. The van der Waals surface area contributed by atoms with Gasteiger partial charge in [0.1, 0.15) is 0 Å². The van der Waals surface area contributed by atoms with Gasteiger partial charge in [0.05, 0.1) is 23.9 Å². The highest BCUT2D eigenvalue weighted by molar-refractivity contribution is 7.91. The van der Waals surface area contributed by atoms with E-state index in [0.29, 0.717) is 31.1 Å². The molecule has 0 aliphatic carbocycles. The standard InChI is InChI=1S/C15H23NO3S/c1-3-5-11-19-12-10-16-14-6-8-15(9-7-14)20(17,18)13-4-2/h3,6-9,16H,1,4-5,10-13H2,2H3. The minimum atomic E-state index is -3.12. The summed E-state index contributed by atoms with van der Waals surface area (Å²) in [6.45, 7) is 7.47. The molecule has 20 heavy (non-hydrogen) atoms. The normalized spacial score (nSPS) is 11.2. The van der Waals surface area contributed by atoms with Gasteiger partial charge in [0, 0.05) is 12.2 Å². The van der Waals surface area contributed by atoms with E-state index in [4.69, 9.17) is 4.74 Å². The molecule has 0 aromatic heterocycles. The van der Waals surface area contributed by atoms with Gasteiger partial charge in [-0.05, 0) is 37.1 Å². The quantitative estimate of drug-likeness (QED) is 0.533. The molecule has 112 valence electrons. The van der Waals surface area contributed by atoms with Gasteiger partial charge in [-0.3, -0.25) is 0 Å². The van der Waals surface area contributed by atoms with Crippen molar-refractivity contribution in [3.05, 3.63) is 36.9 Å². The van der Waals surface area contributed by atoms with Crippen molar-refractivity contribution in [2.24, 2.45) is 0 Å². The Bertz CT molecular complexity index is 494. The smallest absolute Gasteiger partial charge is 0.178 e. The molecule has 0 saturated carbocycles. The van der Waals surface area contributed by atoms with E-state index in [1.165, 1.54) is 0 Å². The second kappa shape index (κ2) is 8.76. The van der Waals surface area contributed by atoms with Crippen LogP contribution >= 0.6 is 0 Å². The van der Waals surface area contributed by atoms with E-state index in [0.717, 1.165) is 12.1 Å². The van der Waals surface area contributed by atoms with Crippen molar-refractivity contribution in [2.75, 3.05) is 30.8 Å². The van der Waals surface area contributed by atoms with Crippen molar-refractivity contribution >= 4 is 15.5 Å². The highest BCUT2D eigenvalue weighted by atomic mass is 32.2. The average molecular weight is 297 g/mol. The van der Waals surface area contributed by atoms with Crippen LogP contribution in [0.1, 0.15) is 19.8 Å². The Balaban J connectivity index is 2.41. The maximum atomic E-state index is 11.9. The number of sulfone groups is 1. The minimum absolute atomic E-state index is 0.191. The van der Waals surface area contributed by atoms with Gasteiger partial charge in [0.25, 0.3) is 0 Å². The van der Waals surface area contributed by atoms with Crippen LogP contribution in [0.2, 0.25) is 0 Å². The van der Waals surface area contributed by atoms with Crippen LogP contribution < -0.4 is 5.32 Å². The first-order valence-electron chi connectivity index (χ1n) is 6.85. The predicted molar refractivity (Wildman–Crippen MR) is 82.9 cm³/mol. The van der Waals surface area contributed by atoms with E-state index in [9.17, 15) is 8.42 Å². The molecular weight excluding hydrogens is 274 g/mol. The number of nitrogens with one attached hydrogen (secondary N) is 1. The van der Waals surface area contributed by atoms with E-state index in [1.54, 1.807) is 24.3 Å². The van der Waals surface area contributed by atoms with E-state index in [1.807, 2.05) is 13.0 Å². The lowest BCUT2D eigenvalue weighted by Crippen LogP contribution is -2.10. The van der Waals surface area contributed by atoms with Crippen molar-refractivity contribution in [3.63, 3.8) is 0 Å². The Hall–Kier alpha value is -1.33. The first-order chi connectivity index (χ1) is 9.60. The zero-order valence-electron chi connectivity index (χ0n) is 12.0. The number of hydrogen-bond acceptors (Lipinski definition) is 4. The first kappa shape index (κ1) is 16.7. The second-order valence-corrected chi connectivity index (χ2v) is 6.57. The van der Waals surface area contributed by atoms with Crippen LogP contribution in [0.3, 0.4) is 0 Å². The van der Waals surface area contributed by atoms with Gasteiger partial charge < -0.3 is 10.1 Å². The molecule has 0 fully saturated rings. The second-order valence-electron chi connectivity index (χ2n) is 4.46. The monoisotopic (exact) mass is 297 g/mol. The van der Waals surface area contributed by atoms with Crippen LogP contribution in [0.25, 0.3) is 0 Å². The Morgan fingerprint density at radius 3 is 2.55 bits per heavy atom. The fourth-order valence-corrected chi connectivity index (χ4v) is 3.03. The molecule has 1 rings (SSSR count). The average Bonchev–Trinajstić information content (AvgIpc) is 2.43. The molecule has 0 aliphatic heterocycles. The molecule has 1 aromatic rings. The van der Waals surface area contributed by atoms with Gasteiger partial charge in [-0.15, -0.1) is 6.58 Å². The SMILES string of the molecule is C=CCCOCCNc1ccc(S(=O)(=O)CCC)cc1. The summed E-state index contributed by atoms with van der Waals surface area (Å²) in [7, 11) is -3.12. The summed E-state index contributed by atoms with van der Waals surface area (Å²) in [4.78, 5) is 0.382.